The third kappa shape index (κ3) is 6.00. The van der Waals surface area contributed by atoms with Crippen molar-refractivity contribution < 1.29 is 14.5 Å². The molecule has 0 saturated heterocycles. The van der Waals surface area contributed by atoms with Crippen molar-refractivity contribution in [3.8, 4) is 0 Å². The smallest absolute Gasteiger partial charge is 0.269 e. The van der Waals surface area contributed by atoms with Gasteiger partial charge in [0.1, 0.15) is 0 Å². The Morgan fingerprint density at radius 1 is 1.14 bits per heavy atom. The van der Waals surface area contributed by atoms with Crippen molar-refractivity contribution in [3.05, 3.63) is 39.9 Å². The lowest BCUT2D eigenvalue weighted by atomic mass is 10.1. The van der Waals surface area contributed by atoms with E-state index in [1.54, 1.807) is 0 Å². The Hall–Kier alpha value is -2.48. The van der Waals surface area contributed by atoms with Crippen LogP contribution in [0.4, 0.5) is 5.69 Å². The van der Waals surface area contributed by atoms with Crippen LogP contribution in [0.25, 0.3) is 0 Å². The quantitative estimate of drug-likeness (QED) is 0.215. The van der Waals surface area contributed by atoms with Gasteiger partial charge in [0.25, 0.3) is 11.6 Å². The van der Waals surface area contributed by atoms with Crippen LogP contribution in [-0.4, -0.2) is 23.3 Å². The number of rotatable bonds is 8. The van der Waals surface area contributed by atoms with Gasteiger partial charge in [0.2, 0.25) is 5.91 Å². The first kappa shape index (κ1) is 16.6. The maximum atomic E-state index is 11.8. The lowest BCUT2D eigenvalue weighted by Crippen LogP contribution is -2.29. The molecular weight excluding hydrogens is 276 g/mol. The van der Waals surface area contributed by atoms with Crippen LogP contribution in [0.5, 0.6) is 0 Å². The molecule has 0 unspecified atom stereocenters. The molecule has 0 fully saturated rings. The van der Waals surface area contributed by atoms with E-state index in [-0.39, 0.29) is 17.5 Å². The van der Waals surface area contributed by atoms with Gasteiger partial charge in [-0.15, -0.1) is 0 Å². The number of non-ortho nitro benzene ring substituents is 1. The summed E-state index contributed by atoms with van der Waals surface area (Å²) in [6, 6.07) is 5.42. The second kappa shape index (κ2) is 8.64. The Bertz CT molecular complexity index is 501. The molecule has 0 bridgehead atoms. The van der Waals surface area contributed by atoms with E-state index in [1.165, 1.54) is 24.3 Å². The summed E-state index contributed by atoms with van der Waals surface area (Å²) < 4.78 is 0. The molecule has 21 heavy (non-hydrogen) atoms. The van der Waals surface area contributed by atoms with Crippen LogP contribution < -0.4 is 16.6 Å². The van der Waals surface area contributed by atoms with E-state index in [4.69, 9.17) is 5.84 Å². The fraction of sp³-hybridized carbons (Fsp3) is 0.385. The Labute approximate surface area is 121 Å². The molecule has 1 rings (SSSR count). The molecule has 2 amide bonds. The maximum Gasteiger partial charge on any atom is 0.269 e. The fourth-order valence-corrected chi connectivity index (χ4v) is 1.70. The van der Waals surface area contributed by atoms with E-state index >= 15 is 0 Å². The molecule has 114 valence electrons. The van der Waals surface area contributed by atoms with E-state index in [9.17, 15) is 19.7 Å². The molecule has 8 heteroatoms. The van der Waals surface area contributed by atoms with Gasteiger partial charge in [-0.1, -0.05) is 6.42 Å². The van der Waals surface area contributed by atoms with Gasteiger partial charge in [0, 0.05) is 30.7 Å². The van der Waals surface area contributed by atoms with Gasteiger partial charge in [0.05, 0.1) is 4.92 Å². The highest BCUT2D eigenvalue weighted by Crippen LogP contribution is 2.11. The number of nitrogens with zero attached hydrogens (tertiary/aromatic N) is 1. The normalized spacial score (nSPS) is 9.95. The van der Waals surface area contributed by atoms with Crippen molar-refractivity contribution in [1.82, 2.24) is 10.7 Å². The fourth-order valence-electron chi connectivity index (χ4n) is 1.70. The van der Waals surface area contributed by atoms with Gasteiger partial charge in [-0.2, -0.15) is 0 Å². The number of amides is 2. The van der Waals surface area contributed by atoms with E-state index in [0.717, 1.165) is 12.8 Å². The van der Waals surface area contributed by atoms with Crippen LogP contribution in [-0.2, 0) is 4.79 Å². The molecule has 0 saturated carbocycles. The molecule has 0 aromatic heterocycles. The largest absolute Gasteiger partial charge is 0.352 e. The van der Waals surface area contributed by atoms with E-state index in [1.807, 2.05) is 0 Å². The minimum absolute atomic E-state index is 0.0512. The summed E-state index contributed by atoms with van der Waals surface area (Å²) in [4.78, 5) is 32.6. The van der Waals surface area contributed by atoms with Crippen LogP contribution in [0, 0.1) is 10.1 Å². The summed E-state index contributed by atoms with van der Waals surface area (Å²) in [7, 11) is 0. The number of nitro benzene ring substituents is 1. The standard InChI is InChI=1S/C13H18N4O4/c14-16-12(18)4-2-1-3-9-15-13(19)10-5-7-11(8-6-10)17(20)21/h5-8H,1-4,9,14H2,(H,15,19)(H,16,18). The van der Waals surface area contributed by atoms with Gasteiger partial charge in [-0.3, -0.25) is 25.1 Å². The Balaban J connectivity index is 2.24. The SMILES string of the molecule is NNC(=O)CCCCCNC(=O)c1ccc([N+](=O)[O-])cc1. The van der Waals surface area contributed by atoms with Crippen LogP contribution in [0.1, 0.15) is 36.0 Å². The lowest BCUT2D eigenvalue weighted by Gasteiger charge is -2.05. The van der Waals surface area contributed by atoms with Crippen LogP contribution in [0.3, 0.4) is 0 Å². The number of nitro groups is 1. The minimum atomic E-state index is -0.515. The van der Waals surface area contributed by atoms with Gasteiger partial charge < -0.3 is 5.32 Å². The summed E-state index contributed by atoms with van der Waals surface area (Å²) >= 11 is 0. The molecule has 0 spiro atoms. The number of nitrogens with one attached hydrogen (secondary N) is 2. The Kier molecular flexibility index (Phi) is 6.82. The Morgan fingerprint density at radius 2 is 1.81 bits per heavy atom. The summed E-state index contributed by atoms with van der Waals surface area (Å²) in [6.07, 6.45) is 2.62. The zero-order chi connectivity index (χ0) is 15.7. The molecule has 0 radical (unpaired) electrons. The first-order valence-corrected chi connectivity index (χ1v) is 6.56. The molecule has 0 aliphatic rings. The summed E-state index contributed by atoms with van der Waals surface area (Å²) in [6.45, 7) is 0.486. The van der Waals surface area contributed by atoms with E-state index in [2.05, 4.69) is 10.7 Å². The summed E-state index contributed by atoms with van der Waals surface area (Å²) in [5.74, 6) is 4.47. The van der Waals surface area contributed by atoms with E-state index < -0.39 is 4.92 Å². The molecule has 4 N–H and O–H groups in total. The number of hydrazine groups is 1. The molecule has 1 aromatic rings. The van der Waals surface area contributed by atoms with Crippen molar-refractivity contribution in [2.75, 3.05) is 6.54 Å². The number of hydrogen-bond acceptors (Lipinski definition) is 5. The third-order valence-corrected chi connectivity index (χ3v) is 2.87. The molecule has 1 aromatic carbocycles. The third-order valence-electron chi connectivity index (χ3n) is 2.87. The maximum absolute atomic E-state index is 11.8. The Morgan fingerprint density at radius 3 is 2.38 bits per heavy atom. The average molecular weight is 294 g/mol. The predicted molar refractivity (Wildman–Crippen MR) is 76.2 cm³/mol. The zero-order valence-electron chi connectivity index (χ0n) is 11.5. The van der Waals surface area contributed by atoms with Gasteiger partial charge in [0.15, 0.2) is 0 Å². The number of unbranched alkanes of at least 4 members (excludes halogenated alkanes) is 2. The molecule has 0 atom stereocenters. The highest BCUT2D eigenvalue weighted by Gasteiger charge is 2.08. The van der Waals surface area contributed by atoms with Crippen LogP contribution in [0.15, 0.2) is 24.3 Å². The molecule has 0 heterocycles. The first-order chi connectivity index (χ1) is 10.0. The van der Waals surface area contributed by atoms with Crippen LogP contribution >= 0.6 is 0 Å². The second-order valence-electron chi connectivity index (χ2n) is 4.44. The molecule has 0 aliphatic heterocycles. The lowest BCUT2D eigenvalue weighted by molar-refractivity contribution is -0.384. The first-order valence-electron chi connectivity index (χ1n) is 6.56. The minimum Gasteiger partial charge on any atom is -0.352 e. The molecule has 8 nitrogen and oxygen atoms in total. The number of carbonyl (C=O) groups is 2. The van der Waals surface area contributed by atoms with Crippen molar-refractivity contribution in [1.29, 1.82) is 0 Å². The average Bonchev–Trinajstić information content (AvgIpc) is 2.50. The van der Waals surface area contributed by atoms with Crippen molar-refractivity contribution in [3.63, 3.8) is 0 Å². The summed E-state index contributed by atoms with van der Waals surface area (Å²) in [5, 5.41) is 13.2. The second-order valence-corrected chi connectivity index (χ2v) is 4.44. The number of carbonyl (C=O) groups excluding carboxylic acids is 2. The highest BCUT2D eigenvalue weighted by atomic mass is 16.6. The molecular formula is C13H18N4O4. The van der Waals surface area contributed by atoms with Gasteiger partial charge in [-0.05, 0) is 25.0 Å². The van der Waals surface area contributed by atoms with Crippen LogP contribution in [0.2, 0.25) is 0 Å². The number of nitrogens with two attached hydrogens (primary N) is 1. The highest BCUT2D eigenvalue weighted by molar-refractivity contribution is 5.94. The monoisotopic (exact) mass is 294 g/mol. The summed E-state index contributed by atoms with van der Waals surface area (Å²) in [5.41, 5.74) is 2.38. The molecule has 0 aliphatic carbocycles. The van der Waals surface area contributed by atoms with Crippen molar-refractivity contribution >= 4 is 17.5 Å². The van der Waals surface area contributed by atoms with Crippen molar-refractivity contribution in [2.45, 2.75) is 25.7 Å². The topological polar surface area (TPSA) is 127 Å². The number of hydrogen-bond donors (Lipinski definition) is 3. The van der Waals surface area contributed by atoms with Gasteiger partial charge in [-0.25, -0.2) is 5.84 Å². The van der Waals surface area contributed by atoms with Crippen molar-refractivity contribution in [2.24, 2.45) is 5.84 Å². The predicted octanol–water partition coefficient (Wildman–Crippen LogP) is 0.875. The zero-order valence-corrected chi connectivity index (χ0v) is 11.5. The number of benzene rings is 1. The van der Waals surface area contributed by atoms with E-state index in [0.29, 0.717) is 24.9 Å². The van der Waals surface area contributed by atoms with Gasteiger partial charge >= 0.3 is 0 Å².